The SMILES string of the molecule is COc1cccc(S(=O)(=O)N2CCC3(CCCCO3)CC2)c1. The molecule has 0 unspecified atom stereocenters. The van der Waals surface area contributed by atoms with Crippen LogP contribution in [0.4, 0.5) is 0 Å². The van der Waals surface area contributed by atoms with Crippen LogP contribution >= 0.6 is 0 Å². The Balaban J connectivity index is 1.74. The van der Waals surface area contributed by atoms with Crippen molar-refractivity contribution in [2.75, 3.05) is 26.8 Å². The van der Waals surface area contributed by atoms with Crippen LogP contribution in [0.3, 0.4) is 0 Å². The van der Waals surface area contributed by atoms with E-state index in [0.717, 1.165) is 32.3 Å². The second kappa shape index (κ2) is 6.18. The third-order valence-electron chi connectivity index (χ3n) is 4.75. The minimum atomic E-state index is -3.45. The highest BCUT2D eigenvalue weighted by Gasteiger charge is 2.40. The standard InChI is InChI=1S/C16H23NO4S/c1-20-14-5-4-6-15(13-14)22(18,19)17-10-8-16(9-11-17)7-2-3-12-21-16/h4-6,13H,2-3,7-12H2,1H3. The molecule has 2 fully saturated rings. The first-order valence-electron chi connectivity index (χ1n) is 7.84. The summed E-state index contributed by atoms with van der Waals surface area (Å²) in [5.74, 6) is 0.560. The molecule has 0 bridgehead atoms. The van der Waals surface area contributed by atoms with E-state index >= 15 is 0 Å². The summed E-state index contributed by atoms with van der Waals surface area (Å²) in [7, 11) is -1.91. The normalized spacial score (nSPS) is 22.6. The molecular formula is C16H23NO4S. The van der Waals surface area contributed by atoms with Crippen molar-refractivity contribution in [1.82, 2.24) is 4.31 Å². The van der Waals surface area contributed by atoms with Crippen LogP contribution in [0.2, 0.25) is 0 Å². The summed E-state index contributed by atoms with van der Waals surface area (Å²) >= 11 is 0. The van der Waals surface area contributed by atoms with Crippen LogP contribution in [0.5, 0.6) is 5.75 Å². The Morgan fingerprint density at radius 2 is 1.95 bits per heavy atom. The Morgan fingerprint density at radius 3 is 2.59 bits per heavy atom. The molecule has 122 valence electrons. The molecule has 1 aromatic carbocycles. The van der Waals surface area contributed by atoms with Crippen molar-refractivity contribution in [3.8, 4) is 5.75 Å². The topological polar surface area (TPSA) is 55.8 Å². The van der Waals surface area contributed by atoms with E-state index < -0.39 is 10.0 Å². The number of nitrogens with zero attached hydrogens (tertiary/aromatic N) is 1. The van der Waals surface area contributed by atoms with Crippen LogP contribution in [0.1, 0.15) is 32.1 Å². The molecule has 0 saturated carbocycles. The molecule has 5 nitrogen and oxygen atoms in total. The van der Waals surface area contributed by atoms with Crippen molar-refractivity contribution in [3.05, 3.63) is 24.3 Å². The van der Waals surface area contributed by atoms with Crippen LogP contribution < -0.4 is 4.74 Å². The summed E-state index contributed by atoms with van der Waals surface area (Å²) in [5.41, 5.74) is -0.0847. The maximum Gasteiger partial charge on any atom is 0.243 e. The average molecular weight is 325 g/mol. The van der Waals surface area contributed by atoms with E-state index in [9.17, 15) is 8.42 Å². The van der Waals surface area contributed by atoms with Gasteiger partial charge in [0.1, 0.15) is 5.75 Å². The zero-order valence-electron chi connectivity index (χ0n) is 13.0. The lowest BCUT2D eigenvalue weighted by atomic mass is 9.85. The Morgan fingerprint density at radius 1 is 1.18 bits per heavy atom. The van der Waals surface area contributed by atoms with Crippen molar-refractivity contribution in [1.29, 1.82) is 0 Å². The van der Waals surface area contributed by atoms with Crippen LogP contribution in [-0.2, 0) is 14.8 Å². The molecule has 2 heterocycles. The predicted molar refractivity (Wildman–Crippen MR) is 83.5 cm³/mol. The van der Waals surface area contributed by atoms with Gasteiger partial charge in [0.05, 0.1) is 17.6 Å². The maximum absolute atomic E-state index is 12.8. The van der Waals surface area contributed by atoms with Crippen molar-refractivity contribution in [3.63, 3.8) is 0 Å². The predicted octanol–water partition coefficient (Wildman–Crippen LogP) is 2.42. The molecule has 2 aliphatic heterocycles. The fraction of sp³-hybridized carbons (Fsp3) is 0.625. The van der Waals surface area contributed by atoms with Crippen molar-refractivity contribution in [2.45, 2.75) is 42.6 Å². The van der Waals surface area contributed by atoms with E-state index in [-0.39, 0.29) is 5.60 Å². The summed E-state index contributed by atoms with van der Waals surface area (Å²) in [6.07, 6.45) is 4.93. The molecule has 6 heteroatoms. The highest BCUT2D eigenvalue weighted by atomic mass is 32.2. The fourth-order valence-corrected chi connectivity index (χ4v) is 4.83. The molecule has 0 N–H and O–H groups in total. The zero-order chi connectivity index (χ0) is 15.6. The first kappa shape index (κ1) is 15.8. The highest BCUT2D eigenvalue weighted by Crippen LogP contribution is 2.36. The first-order valence-corrected chi connectivity index (χ1v) is 9.28. The molecule has 0 aliphatic carbocycles. The van der Waals surface area contributed by atoms with Crippen molar-refractivity contribution >= 4 is 10.0 Å². The lowest BCUT2D eigenvalue weighted by Crippen LogP contribution is -2.49. The zero-order valence-corrected chi connectivity index (χ0v) is 13.8. The third-order valence-corrected chi connectivity index (χ3v) is 6.64. The van der Waals surface area contributed by atoms with Gasteiger partial charge >= 0.3 is 0 Å². The highest BCUT2D eigenvalue weighted by molar-refractivity contribution is 7.89. The summed E-state index contributed by atoms with van der Waals surface area (Å²) in [5, 5.41) is 0. The van der Waals surface area contributed by atoms with Gasteiger partial charge in [-0.3, -0.25) is 0 Å². The molecule has 0 atom stereocenters. The number of methoxy groups -OCH3 is 1. The number of rotatable bonds is 3. The van der Waals surface area contributed by atoms with Gasteiger partial charge < -0.3 is 9.47 Å². The molecule has 0 aromatic heterocycles. The summed E-state index contributed by atoms with van der Waals surface area (Å²) in [6.45, 7) is 1.86. The van der Waals surface area contributed by atoms with E-state index in [1.54, 1.807) is 28.6 Å². The minimum absolute atomic E-state index is 0.0847. The van der Waals surface area contributed by atoms with E-state index in [1.165, 1.54) is 13.5 Å². The van der Waals surface area contributed by atoms with E-state index in [4.69, 9.17) is 9.47 Å². The van der Waals surface area contributed by atoms with Crippen LogP contribution in [0.25, 0.3) is 0 Å². The van der Waals surface area contributed by atoms with Gasteiger partial charge in [-0.25, -0.2) is 8.42 Å². The van der Waals surface area contributed by atoms with E-state index in [0.29, 0.717) is 23.7 Å². The molecule has 0 amide bonds. The van der Waals surface area contributed by atoms with Gasteiger partial charge in [0, 0.05) is 25.8 Å². The molecule has 2 aliphatic rings. The van der Waals surface area contributed by atoms with Crippen LogP contribution in [-0.4, -0.2) is 45.1 Å². The smallest absolute Gasteiger partial charge is 0.243 e. The monoisotopic (exact) mass is 325 g/mol. The van der Waals surface area contributed by atoms with Gasteiger partial charge in [0.15, 0.2) is 0 Å². The van der Waals surface area contributed by atoms with Gasteiger partial charge in [0.2, 0.25) is 10.0 Å². The number of hydrogen-bond acceptors (Lipinski definition) is 4. The molecule has 1 aromatic rings. The summed E-state index contributed by atoms with van der Waals surface area (Å²) in [4.78, 5) is 0.298. The minimum Gasteiger partial charge on any atom is -0.497 e. The van der Waals surface area contributed by atoms with Crippen LogP contribution in [0, 0.1) is 0 Å². The Bertz CT molecular complexity index is 613. The number of ether oxygens (including phenoxy) is 2. The molecule has 2 saturated heterocycles. The van der Waals surface area contributed by atoms with E-state index in [1.807, 2.05) is 0 Å². The van der Waals surface area contributed by atoms with Gasteiger partial charge in [0.25, 0.3) is 0 Å². The van der Waals surface area contributed by atoms with E-state index in [2.05, 4.69) is 0 Å². The first-order chi connectivity index (χ1) is 10.6. The number of benzene rings is 1. The molecular weight excluding hydrogens is 302 g/mol. The van der Waals surface area contributed by atoms with Gasteiger partial charge in [-0.15, -0.1) is 0 Å². The molecule has 0 radical (unpaired) electrons. The lowest BCUT2D eigenvalue weighted by molar-refractivity contribution is -0.103. The Hall–Kier alpha value is -1.11. The lowest BCUT2D eigenvalue weighted by Gasteiger charge is -2.43. The summed E-state index contributed by atoms with van der Waals surface area (Å²) < 4.78 is 38.2. The largest absolute Gasteiger partial charge is 0.497 e. The number of piperidine rings is 1. The quantitative estimate of drug-likeness (QED) is 0.856. The second-order valence-electron chi connectivity index (χ2n) is 6.07. The number of sulfonamides is 1. The number of hydrogen-bond donors (Lipinski definition) is 0. The van der Waals surface area contributed by atoms with Crippen LogP contribution in [0.15, 0.2) is 29.2 Å². The van der Waals surface area contributed by atoms with Gasteiger partial charge in [-0.2, -0.15) is 4.31 Å². The molecule has 22 heavy (non-hydrogen) atoms. The van der Waals surface area contributed by atoms with Gasteiger partial charge in [-0.1, -0.05) is 6.07 Å². The third kappa shape index (κ3) is 3.00. The maximum atomic E-state index is 12.8. The Labute approximate surface area is 132 Å². The molecule has 3 rings (SSSR count). The fourth-order valence-electron chi connectivity index (χ4n) is 3.35. The van der Waals surface area contributed by atoms with Crippen molar-refractivity contribution < 1.29 is 17.9 Å². The van der Waals surface area contributed by atoms with Crippen molar-refractivity contribution in [2.24, 2.45) is 0 Å². The summed E-state index contributed by atoms with van der Waals surface area (Å²) in [6, 6.07) is 6.66. The average Bonchev–Trinajstić information content (AvgIpc) is 2.56. The molecule has 1 spiro atoms. The Kier molecular flexibility index (Phi) is 4.43. The second-order valence-corrected chi connectivity index (χ2v) is 8.01. The van der Waals surface area contributed by atoms with Gasteiger partial charge in [-0.05, 0) is 44.2 Å².